The number of rotatable bonds is 4. The molecule has 0 aliphatic heterocycles. The van der Waals surface area contributed by atoms with Gasteiger partial charge in [0, 0.05) is 21.3 Å². The summed E-state index contributed by atoms with van der Waals surface area (Å²) in [7, 11) is -4.10. The molecule has 1 aromatic heterocycles. The van der Waals surface area contributed by atoms with Crippen molar-refractivity contribution in [2.45, 2.75) is 11.4 Å². The number of anilines is 1. The Balaban J connectivity index is 2.25. The van der Waals surface area contributed by atoms with Gasteiger partial charge in [-0.2, -0.15) is 0 Å². The molecule has 0 aliphatic rings. The first-order chi connectivity index (χ1) is 9.31. The van der Waals surface area contributed by atoms with Crippen molar-refractivity contribution in [1.82, 2.24) is 4.72 Å². The van der Waals surface area contributed by atoms with Gasteiger partial charge in [0.15, 0.2) is 5.82 Å². The SMILES string of the molecule is Nc1c(F)ccc(S(=O)(=O)NCc2cc(Br)cs2)c1F. The maximum absolute atomic E-state index is 13.7. The van der Waals surface area contributed by atoms with E-state index >= 15 is 0 Å². The summed E-state index contributed by atoms with van der Waals surface area (Å²) in [6, 6.07) is 3.39. The molecule has 3 N–H and O–H groups in total. The Morgan fingerprint density at radius 3 is 2.65 bits per heavy atom. The highest BCUT2D eigenvalue weighted by atomic mass is 79.9. The maximum atomic E-state index is 13.7. The van der Waals surface area contributed by atoms with Crippen molar-refractivity contribution in [1.29, 1.82) is 0 Å². The second kappa shape index (κ2) is 5.76. The van der Waals surface area contributed by atoms with Crippen LogP contribution in [0, 0.1) is 11.6 Å². The zero-order chi connectivity index (χ0) is 14.9. The fraction of sp³-hybridized carbons (Fsp3) is 0.0909. The summed E-state index contributed by atoms with van der Waals surface area (Å²) in [5.74, 6) is -2.28. The number of hydrogen-bond donors (Lipinski definition) is 2. The summed E-state index contributed by atoms with van der Waals surface area (Å²) < 4.78 is 53.7. The van der Waals surface area contributed by atoms with Crippen LogP contribution in [0.1, 0.15) is 4.88 Å². The van der Waals surface area contributed by atoms with Crippen LogP contribution in [0.2, 0.25) is 0 Å². The van der Waals surface area contributed by atoms with Crippen LogP contribution in [0.15, 0.2) is 32.9 Å². The summed E-state index contributed by atoms with van der Waals surface area (Å²) in [6.45, 7) is 0.00925. The predicted octanol–water partition coefficient (Wildman–Crippen LogP) is 2.85. The lowest BCUT2D eigenvalue weighted by Crippen LogP contribution is -2.24. The summed E-state index contributed by atoms with van der Waals surface area (Å²) >= 11 is 4.58. The van der Waals surface area contributed by atoms with Gasteiger partial charge in [-0.1, -0.05) is 0 Å². The molecule has 0 aliphatic carbocycles. The van der Waals surface area contributed by atoms with Crippen molar-refractivity contribution in [3.8, 4) is 0 Å². The Hall–Kier alpha value is -1.03. The molecule has 1 heterocycles. The number of benzene rings is 1. The third-order valence-electron chi connectivity index (χ3n) is 2.44. The van der Waals surface area contributed by atoms with E-state index in [1.54, 1.807) is 11.4 Å². The summed E-state index contributed by atoms with van der Waals surface area (Å²) in [5, 5.41) is 1.79. The van der Waals surface area contributed by atoms with Gasteiger partial charge in [-0.25, -0.2) is 21.9 Å². The van der Waals surface area contributed by atoms with Crippen molar-refractivity contribution in [3.63, 3.8) is 0 Å². The largest absolute Gasteiger partial charge is 0.394 e. The summed E-state index contributed by atoms with van der Waals surface area (Å²) in [4.78, 5) is 0.0722. The Kier molecular flexibility index (Phi) is 4.43. The minimum Gasteiger partial charge on any atom is -0.394 e. The van der Waals surface area contributed by atoms with Crippen LogP contribution in [-0.2, 0) is 16.6 Å². The van der Waals surface area contributed by atoms with Gasteiger partial charge in [0.05, 0.1) is 0 Å². The molecule has 9 heteroatoms. The van der Waals surface area contributed by atoms with E-state index in [4.69, 9.17) is 5.73 Å². The van der Waals surface area contributed by atoms with Gasteiger partial charge in [0.1, 0.15) is 16.4 Å². The molecule has 0 spiro atoms. The van der Waals surface area contributed by atoms with Crippen LogP contribution >= 0.6 is 27.3 Å². The Morgan fingerprint density at radius 1 is 1.35 bits per heavy atom. The van der Waals surface area contributed by atoms with Crippen LogP contribution in [0.25, 0.3) is 0 Å². The van der Waals surface area contributed by atoms with Crippen molar-refractivity contribution in [2.75, 3.05) is 5.73 Å². The standard InChI is InChI=1S/C11H9BrF2N2O2S2/c12-6-3-7(19-5-6)4-16-20(17,18)9-2-1-8(13)11(15)10(9)14/h1-3,5,16H,4,15H2. The molecule has 2 aromatic rings. The first-order valence-corrected chi connectivity index (χ1v) is 8.43. The van der Waals surface area contributed by atoms with E-state index in [9.17, 15) is 17.2 Å². The molecule has 20 heavy (non-hydrogen) atoms. The average molecular weight is 383 g/mol. The molecule has 0 radical (unpaired) electrons. The van der Waals surface area contributed by atoms with Gasteiger partial charge in [-0.05, 0) is 34.1 Å². The monoisotopic (exact) mass is 382 g/mol. The number of halogens is 3. The summed E-state index contributed by atoms with van der Waals surface area (Å²) in [5.41, 5.74) is 4.33. The zero-order valence-corrected chi connectivity index (χ0v) is 13.1. The topological polar surface area (TPSA) is 72.2 Å². The third-order valence-corrected chi connectivity index (χ3v) is 5.56. The van der Waals surface area contributed by atoms with E-state index < -0.39 is 32.2 Å². The molecule has 0 amide bonds. The molecular weight excluding hydrogens is 374 g/mol. The van der Waals surface area contributed by atoms with Crippen molar-refractivity contribution < 1.29 is 17.2 Å². The minimum absolute atomic E-state index is 0.00925. The number of nitrogen functional groups attached to an aromatic ring is 1. The normalized spacial score (nSPS) is 11.8. The number of nitrogens with two attached hydrogens (primary N) is 1. The van der Waals surface area contributed by atoms with Gasteiger partial charge < -0.3 is 5.73 Å². The second-order valence-corrected chi connectivity index (χ2v) is 7.48. The van der Waals surface area contributed by atoms with Crippen LogP contribution < -0.4 is 10.5 Å². The smallest absolute Gasteiger partial charge is 0.243 e. The molecule has 4 nitrogen and oxygen atoms in total. The van der Waals surface area contributed by atoms with E-state index in [1.807, 2.05) is 0 Å². The van der Waals surface area contributed by atoms with E-state index in [1.165, 1.54) is 11.3 Å². The Morgan fingerprint density at radius 2 is 2.05 bits per heavy atom. The molecule has 0 saturated carbocycles. The third kappa shape index (κ3) is 3.17. The molecule has 2 rings (SSSR count). The lowest BCUT2D eigenvalue weighted by Gasteiger charge is -2.08. The molecule has 0 fully saturated rings. The molecule has 1 aromatic carbocycles. The number of nitrogens with one attached hydrogen (secondary N) is 1. The number of sulfonamides is 1. The Bertz CT molecular complexity index is 747. The highest BCUT2D eigenvalue weighted by molar-refractivity contribution is 9.10. The maximum Gasteiger partial charge on any atom is 0.243 e. The molecule has 0 unspecified atom stereocenters. The summed E-state index contributed by atoms with van der Waals surface area (Å²) in [6.07, 6.45) is 0. The van der Waals surface area contributed by atoms with E-state index in [-0.39, 0.29) is 6.54 Å². The lowest BCUT2D eigenvalue weighted by molar-refractivity contribution is 0.548. The lowest BCUT2D eigenvalue weighted by atomic mass is 10.3. The Labute approximate surface area is 126 Å². The van der Waals surface area contributed by atoms with Crippen molar-refractivity contribution in [2.24, 2.45) is 0 Å². The van der Waals surface area contributed by atoms with Gasteiger partial charge in [-0.3, -0.25) is 0 Å². The van der Waals surface area contributed by atoms with Gasteiger partial charge >= 0.3 is 0 Å². The van der Waals surface area contributed by atoms with E-state index in [0.717, 1.165) is 21.5 Å². The average Bonchev–Trinajstić information content (AvgIpc) is 2.79. The van der Waals surface area contributed by atoms with Crippen LogP contribution in [0.3, 0.4) is 0 Å². The first-order valence-electron chi connectivity index (χ1n) is 5.27. The predicted molar refractivity (Wildman–Crippen MR) is 76.8 cm³/mol. The van der Waals surface area contributed by atoms with Crippen LogP contribution in [0.4, 0.5) is 14.5 Å². The van der Waals surface area contributed by atoms with Crippen LogP contribution in [0.5, 0.6) is 0 Å². The van der Waals surface area contributed by atoms with Gasteiger partial charge in [-0.15, -0.1) is 11.3 Å². The van der Waals surface area contributed by atoms with Crippen molar-refractivity contribution >= 4 is 43.0 Å². The van der Waals surface area contributed by atoms with E-state index in [2.05, 4.69) is 20.7 Å². The quantitative estimate of drug-likeness (QED) is 0.798. The number of thiophene rings is 1. The highest BCUT2D eigenvalue weighted by Gasteiger charge is 2.22. The molecule has 108 valence electrons. The second-order valence-electron chi connectivity index (χ2n) is 3.83. The van der Waals surface area contributed by atoms with Crippen LogP contribution in [-0.4, -0.2) is 8.42 Å². The highest BCUT2D eigenvalue weighted by Crippen LogP contribution is 2.24. The molecule has 0 atom stereocenters. The van der Waals surface area contributed by atoms with Crippen molar-refractivity contribution in [3.05, 3.63) is 44.6 Å². The molecular formula is C11H9BrF2N2O2S2. The fourth-order valence-corrected chi connectivity index (χ4v) is 4.02. The fourth-order valence-electron chi connectivity index (χ4n) is 1.45. The zero-order valence-electron chi connectivity index (χ0n) is 9.86. The van der Waals surface area contributed by atoms with Gasteiger partial charge in [0.25, 0.3) is 0 Å². The molecule has 0 bridgehead atoms. The van der Waals surface area contributed by atoms with E-state index in [0.29, 0.717) is 0 Å². The first kappa shape index (κ1) is 15.4. The van der Waals surface area contributed by atoms with Gasteiger partial charge in [0.2, 0.25) is 10.0 Å². The molecule has 0 saturated heterocycles. The minimum atomic E-state index is -4.10. The number of hydrogen-bond acceptors (Lipinski definition) is 4.